The second kappa shape index (κ2) is 5.05. The molecule has 0 spiro atoms. The van der Waals surface area contributed by atoms with Crippen molar-refractivity contribution >= 4 is 5.82 Å². The van der Waals surface area contributed by atoms with E-state index in [4.69, 9.17) is 11.0 Å². The van der Waals surface area contributed by atoms with Crippen LogP contribution in [-0.4, -0.2) is 24.1 Å². The molecule has 0 radical (unpaired) electrons. The Hall–Kier alpha value is -1.81. The first kappa shape index (κ1) is 13.6. The number of rotatable bonds is 1. The average Bonchev–Trinajstić information content (AvgIpc) is 2.37. The maximum Gasteiger partial charge on any atom is 0.433 e. The molecule has 19 heavy (non-hydrogen) atoms. The standard InChI is InChI=1S/C12H13F3N4/c13-12(14,15)10-4-3-8(6-16)11(18-10)19-5-1-2-9(17)7-19/h3-4,9H,1-2,5,7,17H2. The molecule has 1 unspecified atom stereocenters. The Morgan fingerprint density at radius 2 is 2.16 bits per heavy atom. The Kier molecular flexibility index (Phi) is 3.62. The SMILES string of the molecule is N#Cc1ccc(C(F)(F)F)nc1N1CCCC(N)C1. The maximum absolute atomic E-state index is 12.7. The van der Waals surface area contributed by atoms with Gasteiger partial charge in [0, 0.05) is 19.1 Å². The van der Waals surface area contributed by atoms with Crippen LogP contribution in [0.5, 0.6) is 0 Å². The van der Waals surface area contributed by atoms with E-state index in [0.717, 1.165) is 25.0 Å². The van der Waals surface area contributed by atoms with Gasteiger partial charge in [0.25, 0.3) is 0 Å². The smallest absolute Gasteiger partial charge is 0.354 e. The predicted molar refractivity (Wildman–Crippen MR) is 63.4 cm³/mol. The number of aromatic nitrogens is 1. The second-order valence-corrected chi connectivity index (χ2v) is 4.53. The molecule has 0 aromatic carbocycles. The fourth-order valence-corrected chi connectivity index (χ4v) is 2.14. The summed E-state index contributed by atoms with van der Waals surface area (Å²) in [5, 5.41) is 8.98. The van der Waals surface area contributed by atoms with Gasteiger partial charge in [-0.25, -0.2) is 4.98 Å². The minimum atomic E-state index is -4.51. The Labute approximate surface area is 108 Å². The van der Waals surface area contributed by atoms with Crippen LogP contribution in [0.25, 0.3) is 0 Å². The highest BCUT2D eigenvalue weighted by Gasteiger charge is 2.34. The van der Waals surface area contributed by atoms with Crippen molar-refractivity contribution in [3.8, 4) is 6.07 Å². The normalized spacial score (nSPS) is 20.2. The van der Waals surface area contributed by atoms with Crippen LogP contribution in [0.15, 0.2) is 12.1 Å². The van der Waals surface area contributed by atoms with Gasteiger partial charge in [0.2, 0.25) is 0 Å². The number of alkyl halides is 3. The van der Waals surface area contributed by atoms with Gasteiger partial charge in [-0.2, -0.15) is 18.4 Å². The maximum atomic E-state index is 12.7. The second-order valence-electron chi connectivity index (χ2n) is 4.53. The van der Waals surface area contributed by atoms with E-state index in [1.165, 1.54) is 0 Å². The molecule has 1 saturated heterocycles. The predicted octanol–water partition coefficient (Wildman–Crippen LogP) is 1.90. The fraction of sp³-hybridized carbons (Fsp3) is 0.500. The van der Waals surface area contributed by atoms with Gasteiger partial charge in [-0.3, -0.25) is 0 Å². The van der Waals surface area contributed by atoms with E-state index in [1.807, 2.05) is 6.07 Å². The molecule has 0 aliphatic carbocycles. The first-order valence-corrected chi connectivity index (χ1v) is 5.90. The summed E-state index contributed by atoms with van der Waals surface area (Å²) >= 11 is 0. The minimum absolute atomic E-state index is 0.0764. The minimum Gasteiger partial charge on any atom is -0.354 e. The first-order chi connectivity index (χ1) is 8.91. The summed E-state index contributed by atoms with van der Waals surface area (Å²) in [7, 11) is 0. The molecule has 0 bridgehead atoms. The van der Waals surface area contributed by atoms with Crippen molar-refractivity contribution in [2.45, 2.75) is 25.1 Å². The molecule has 102 valence electrons. The molecule has 2 heterocycles. The lowest BCUT2D eigenvalue weighted by Gasteiger charge is -2.32. The van der Waals surface area contributed by atoms with Crippen molar-refractivity contribution in [2.75, 3.05) is 18.0 Å². The van der Waals surface area contributed by atoms with Crippen molar-refractivity contribution in [2.24, 2.45) is 5.73 Å². The number of nitrogens with two attached hydrogens (primary N) is 1. The van der Waals surface area contributed by atoms with Crippen LogP contribution in [0.1, 0.15) is 24.1 Å². The molecule has 0 saturated carbocycles. The molecule has 4 nitrogen and oxygen atoms in total. The number of nitriles is 1. The summed E-state index contributed by atoms with van der Waals surface area (Å²) in [4.78, 5) is 5.25. The van der Waals surface area contributed by atoms with Crippen molar-refractivity contribution in [3.63, 3.8) is 0 Å². The largest absolute Gasteiger partial charge is 0.433 e. The van der Waals surface area contributed by atoms with Gasteiger partial charge < -0.3 is 10.6 Å². The van der Waals surface area contributed by atoms with Gasteiger partial charge in [-0.15, -0.1) is 0 Å². The van der Waals surface area contributed by atoms with E-state index in [0.29, 0.717) is 13.1 Å². The molecule has 1 fully saturated rings. The average molecular weight is 270 g/mol. The molecule has 1 atom stereocenters. The van der Waals surface area contributed by atoms with E-state index in [1.54, 1.807) is 4.90 Å². The fourth-order valence-electron chi connectivity index (χ4n) is 2.14. The van der Waals surface area contributed by atoms with Crippen molar-refractivity contribution in [3.05, 3.63) is 23.4 Å². The van der Waals surface area contributed by atoms with Gasteiger partial charge in [0.15, 0.2) is 0 Å². The molecular formula is C12H13F3N4. The summed E-state index contributed by atoms with van der Waals surface area (Å²) in [5.74, 6) is 0.0764. The molecule has 1 aromatic rings. The molecule has 0 amide bonds. The molecule has 7 heteroatoms. The summed E-state index contributed by atoms with van der Waals surface area (Å²) in [6, 6.07) is 3.76. The molecular weight excluding hydrogens is 257 g/mol. The number of hydrogen-bond donors (Lipinski definition) is 1. The third-order valence-electron chi connectivity index (χ3n) is 3.04. The van der Waals surface area contributed by atoms with Gasteiger partial charge in [-0.05, 0) is 25.0 Å². The van der Waals surface area contributed by atoms with Crippen LogP contribution in [0, 0.1) is 11.3 Å². The molecule has 1 aromatic heterocycles. The molecule has 2 rings (SSSR count). The highest BCUT2D eigenvalue weighted by molar-refractivity contribution is 5.55. The Morgan fingerprint density at radius 3 is 2.74 bits per heavy atom. The van der Waals surface area contributed by atoms with E-state index in [2.05, 4.69) is 4.98 Å². The molecule has 2 N–H and O–H groups in total. The molecule has 1 aliphatic heterocycles. The van der Waals surface area contributed by atoms with Gasteiger partial charge in [-0.1, -0.05) is 0 Å². The summed E-state index contributed by atoms with van der Waals surface area (Å²) < 4.78 is 38.0. The topological polar surface area (TPSA) is 65.9 Å². The third-order valence-corrected chi connectivity index (χ3v) is 3.04. The number of halogens is 3. The van der Waals surface area contributed by atoms with Gasteiger partial charge in [0.05, 0.1) is 5.56 Å². The number of pyridine rings is 1. The lowest BCUT2D eigenvalue weighted by Crippen LogP contribution is -2.43. The van der Waals surface area contributed by atoms with Crippen molar-refractivity contribution < 1.29 is 13.2 Å². The van der Waals surface area contributed by atoms with E-state index >= 15 is 0 Å². The number of nitrogens with zero attached hydrogens (tertiary/aromatic N) is 3. The highest BCUT2D eigenvalue weighted by Crippen LogP contribution is 2.31. The van der Waals surface area contributed by atoms with Gasteiger partial charge >= 0.3 is 6.18 Å². The van der Waals surface area contributed by atoms with E-state index in [9.17, 15) is 13.2 Å². The van der Waals surface area contributed by atoms with Crippen LogP contribution >= 0.6 is 0 Å². The molecule has 1 aliphatic rings. The van der Waals surface area contributed by atoms with Crippen molar-refractivity contribution in [1.82, 2.24) is 4.98 Å². The summed E-state index contributed by atoms with van der Waals surface area (Å²) in [5.41, 5.74) is 4.96. The quantitative estimate of drug-likeness (QED) is 0.846. The van der Waals surface area contributed by atoms with Crippen LogP contribution in [0.4, 0.5) is 19.0 Å². The van der Waals surface area contributed by atoms with Crippen LogP contribution in [0.2, 0.25) is 0 Å². The third kappa shape index (κ3) is 2.96. The summed E-state index contributed by atoms with van der Waals surface area (Å²) in [6.07, 6.45) is -2.90. The zero-order chi connectivity index (χ0) is 14.0. The lowest BCUT2D eigenvalue weighted by atomic mass is 10.1. The monoisotopic (exact) mass is 270 g/mol. The Morgan fingerprint density at radius 1 is 1.42 bits per heavy atom. The number of hydrogen-bond acceptors (Lipinski definition) is 4. The summed E-state index contributed by atoms with van der Waals surface area (Å²) in [6.45, 7) is 0.986. The van der Waals surface area contributed by atoms with Crippen molar-refractivity contribution in [1.29, 1.82) is 5.26 Å². The van der Waals surface area contributed by atoms with Gasteiger partial charge in [0.1, 0.15) is 17.6 Å². The van der Waals surface area contributed by atoms with E-state index < -0.39 is 11.9 Å². The number of anilines is 1. The zero-order valence-electron chi connectivity index (χ0n) is 10.1. The van der Waals surface area contributed by atoms with Crippen LogP contribution in [0.3, 0.4) is 0 Å². The van der Waals surface area contributed by atoms with E-state index in [-0.39, 0.29) is 17.4 Å². The Balaban J connectivity index is 2.39. The van der Waals surface area contributed by atoms with Crippen LogP contribution in [-0.2, 0) is 6.18 Å². The first-order valence-electron chi connectivity index (χ1n) is 5.90. The van der Waals surface area contributed by atoms with Crippen LogP contribution < -0.4 is 10.6 Å². The highest BCUT2D eigenvalue weighted by atomic mass is 19.4. The number of piperidine rings is 1. The lowest BCUT2D eigenvalue weighted by molar-refractivity contribution is -0.141. The zero-order valence-corrected chi connectivity index (χ0v) is 10.1. The Bertz CT molecular complexity index is 507.